The van der Waals surface area contributed by atoms with Crippen LogP contribution < -0.4 is 5.32 Å². The Bertz CT molecular complexity index is 1190. The highest BCUT2D eigenvalue weighted by Gasteiger charge is 2.43. The van der Waals surface area contributed by atoms with Crippen molar-refractivity contribution in [1.82, 2.24) is 20.0 Å². The molecule has 6 heteroatoms. The molecule has 1 saturated carbocycles. The maximum absolute atomic E-state index is 12.7. The summed E-state index contributed by atoms with van der Waals surface area (Å²) < 4.78 is 1.73. The van der Waals surface area contributed by atoms with Gasteiger partial charge in [-0.15, -0.1) is 5.10 Å². The van der Waals surface area contributed by atoms with E-state index in [4.69, 9.17) is 0 Å². The summed E-state index contributed by atoms with van der Waals surface area (Å²) in [7, 11) is 0. The maximum Gasteiger partial charge on any atom is 0.228 e. The number of nitrogens with one attached hydrogen (secondary N) is 1. The van der Waals surface area contributed by atoms with Gasteiger partial charge in [-0.05, 0) is 54.7 Å². The second kappa shape index (κ2) is 7.55. The third-order valence-corrected chi connectivity index (χ3v) is 5.53. The Morgan fingerprint density at radius 1 is 1.10 bits per heavy atom. The Balaban J connectivity index is 1.33. The predicted molar refractivity (Wildman–Crippen MR) is 115 cm³/mol. The minimum Gasteiger partial charge on any atom is -0.326 e. The van der Waals surface area contributed by atoms with Crippen LogP contribution in [-0.4, -0.2) is 25.9 Å². The standard InChI is InChI=1S/C24H21N5O/c1-16-9-10-19(26-24(30)21-13-20(21)17-6-3-2-4-7-17)12-23(16)29-15-22(27-28-29)18-8-5-11-25-14-18/h2-12,14-15,20-21H,13H2,1H3,(H,26,30). The van der Waals surface area contributed by atoms with Crippen LogP contribution in [0, 0.1) is 12.8 Å². The minimum absolute atomic E-state index is 0.0284. The highest BCUT2D eigenvalue weighted by atomic mass is 16.2. The molecule has 0 bridgehead atoms. The van der Waals surface area contributed by atoms with Crippen molar-refractivity contribution in [3.63, 3.8) is 0 Å². The zero-order valence-electron chi connectivity index (χ0n) is 16.6. The number of rotatable bonds is 5. The lowest BCUT2D eigenvalue weighted by Gasteiger charge is -2.10. The number of hydrogen-bond acceptors (Lipinski definition) is 4. The van der Waals surface area contributed by atoms with Gasteiger partial charge in [-0.25, -0.2) is 4.68 Å². The van der Waals surface area contributed by atoms with E-state index in [-0.39, 0.29) is 11.8 Å². The number of pyridine rings is 1. The molecule has 1 aliphatic rings. The maximum atomic E-state index is 12.7. The van der Waals surface area contributed by atoms with Crippen LogP contribution in [0.4, 0.5) is 5.69 Å². The van der Waals surface area contributed by atoms with Gasteiger partial charge in [-0.3, -0.25) is 9.78 Å². The van der Waals surface area contributed by atoms with Crippen molar-refractivity contribution >= 4 is 11.6 Å². The van der Waals surface area contributed by atoms with Gasteiger partial charge < -0.3 is 5.32 Å². The summed E-state index contributed by atoms with van der Waals surface area (Å²) in [6.45, 7) is 2.01. The predicted octanol–water partition coefficient (Wildman–Crippen LogP) is 4.38. The molecule has 0 saturated heterocycles. The molecule has 2 aromatic carbocycles. The van der Waals surface area contributed by atoms with Crippen molar-refractivity contribution in [1.29, 1.82) is 0 Å². The molecule has 0 aliphatic heterocycles. The van der Waals surface area contributed by atoms with E-state index in [9.17, 15) is 4.79 Å². The topological polar surface area (TPSA) is 72.7 Å². The van der Waals surface area contributed by atoms with Crippen molar-refractivity contribution in [2.75, 3.05) is 5.32 Å². The largest absolute Gasteiger partial charge is 0.326 e. The van der Waals surface area contributed by atoms with Crippen molar-refractivity contribution < 1.29 is 4.79 Å². The molecule has 148 valence electrons. The molecule has 2 unspecified atom stereocenters. The average Bonchev–Trinajstić information content (AvgIpc) is 3.45. The van der Waals surface area contributed by atoms with Gasteiger partial charge in [0.25, 0.3) is 0 Å². The summed E-state index contributed by atoms with van der Waals surface area (Å²) in [6, 6.07) is 19.9. The number of carbonyl (C=O) groups is 1. The Morgan fingerprint density at radius 3 is 2.77 bits per heavy atom. The lowest BCUT2D eigenvalue weighted by molar-refractivity contribution is -0.117. The number of carbonyl (C=O) groups excluding carboxylic acids is 1. The summed E-state index contributed by atoms with van der Waals surface area (Å²) in [5.74, 6) is 0.405. The molecule has 1 N–H and O–H groups in total. The lowest BCUT2D eigenvalue weighted by atomic mass is 10.1. The van der Waals surface area contributed by atoms with Gasteiger partial charge in [0.1, 0.15) is 5.69 Å². The van der Waals surface area contributed by atoms with Crippen LogP contribution in [0.1, 0.15) is 23.5 Å². The first-order valence-electron chi connectivity index (χ1n) is 9.98. The number of aromatic nitrogens is 4. The van der Waals surface area contributed by atoms with E-state index in [1.807, 2.05) is 61.7 Å². The normalized spacial score (nSPS) is 17.5. The van der Waals surface area contributed by atoms with Crippen LogP contribution >= 0.6 is 0 Å². The van der Waals surface area contributed by atoms with E-state index in [0.717, 1.165) is 34.6 Å². The highest BCUT2D eigenvalue weighted by Crippen LogP contribution is 2.47. The molecule has 0 radical (unpaired) electrons. The number of nitrogens with zero attached hydrogens (tertiary/aromatic N) is 4. The van der Waals surface area contributed by atoms with Gasteiger partial charge in [0, 0.05) is 29.6 Å². The van der Waals surface area contributed by atoms with E-state index >= 15 is 0 Å². The van der Waals surface area contributed by atoms with Gasteiger partial charge in [0.15, 0.2) is 0 Å². The fourth-order valence-corrected chi connectivity index (χ4v) is 3.75. The second-order valence-electron chi connectivity index (χ2n) is 7.64. The Hall–Kier alpha value is -3.80. The number of hydrogen-bond donors (Lipinski definition) is 1. The van der Waals surface area contributed by atoms with Crippen LogP contribution in [0.15, 0.2) is 79.3 Å². The van der Waals surface area contributed by atoms with Gasteiger partial charge in [0.2, 0.25) is 5.91 Å². The monoisotopic (exact) mass is 395 g/mol. The summed E-state index contributed by atoms with van der Waals surface area (Å²) in [5.41, 5.74) is 5.58. The van der Waals surface area contributed by atoms with Gasteiger partial charge in [-0.2, -0.15) is 0 Å². The molecule has 2 aromatic heterocycles. The number of aryl methyl sites for hydroxylation is 1. The number of amides is 1. The first-order valence-corrected chi connectivity index (χ1v) is 9.98. The second-order valence-corrected chi connectivity index (χ2v) is 7.64. The molecular formula is C24H21N5O. The average molecular weight is 395 g/mol. The minimum atomic E-state index is 0.0284. The fourth-order valence-electron chi connectivity index (χ4n) is 3.75. The molecule has 1 amide bonds. The quantitative estimate of drug-likeness (QED) is 0.544. The molecule has 1 fully saturated rings. The smallest absolute Gasteiger partial charge is 0.228 e. The van der Waals surface area contributed by atoms with Gasteiger partial charge >= 0.3 is 0 Å². The van der Waals surface area contributed by atoms with E-state index in [1.165, 1.54) is 5.56 Å². The zero-order chi connectivity index (χ0) is 20.5. The summed E-state index contributed by atoms with van der Waals surface area (Å²) >= 11 is 0. The van der Waals surface area contributed by atoms with E-state index < -0.39 is 0 Å². The zero-order valence-corrected chi connectivity index (χ0v) is 16.6. The lowest BCUT2D eigenvalue weighted by Crippen LogP contribution is -2.15. The molecule has 30 heavy (non-hydrogen) atoms. The van der Waals surface area contributed by atoms with E-state index in [1.54, 1.807) is 17.1 Å². The highest BCUT2D eigenvalue weighted by molar-refractivity contribution is 5.95. The molecule has 0 spiro atoms. The molecular weight excluding hydrogens is 374 g/mol. The third-order valence-electron chi connectivity index (χ3n) is 5.53. The van der Waals surface area contributed by atoms with Gasteiger partial charge in [-0.1, -0.05) is 41.6 Å². The van der Waals surface area contributed by atoms with Crippen LogP contribution in [0.5, 0.6) is 0 Å². The molecule has 2 atom stereocenters. The Labute approximate surface area is 174 Å². The van der Waals surface area contributed by atoms with Crippen molar-refractivity contribution in [2.24, 2.45) is 5.92 Å². The molecule has 1 aliphatic carbocycles. The third kappa shape index (κ3) is 3.59. The van der Waals surface area contributed by atoms with Crippen molar-refractivity contribution in [3.05, 3.63) is 90.4 Å². The number of benzene rings is 2. The van der Waals surface area contributed by atoms with E-state index in [0.29, 0.717) is 5.92 Å². The first-order chi connectivity index (χ1) is 14.7. The van der Waals surface area contributed by atoms with Crippen LogP contribution in [0.25, 0.3) is 16.9 Å². The van der Waals surface area contributed by atoms with Crippen LogP contribution in [-0.2, 0) is 4.79 Å². The van der Waals surface area contributed by atoms with Crippen LogP contribution in [0.2, 0.25) is 0 Å². The first kappa shape index (κ1) is 18.2. The van der Waals surface area contributed by atoms with Crippen LogP contribution in [0.3, 0.4) is 0 Å². The molecule has 2 heterocycles. The summed E-state index contributed by atoms with van der Waals surface area (Å²) in [6.07, 6.45) is 6.26. The molecule has 4 aromatic rings. The number of anilines is 1. The Morgan fingerprint density at radius 2 is 1.97 bits per heavy atom. The van der Waals surface area contributed by atoms with E-state index in [2.05, 4.69) is 32.7 Å². The summed E-state index contributed by atoms with van der Waals surface area (Å²) in [4.78, 5) is 16.9. The van der Waals surface area contributed by atoms with Crippen molar-refractivity contribution in [2.45, 2.75) is 19.3 Å². The fraction of sp³-hybridized carbons (Fsp3) is 0.167. The molecule has 5 rings (SSSR count). The van der Waals surface area contributed by atoms with Crippen molar-refractivity contribution in [3.8, 4) is 16.9 Å². The Kier molecular flexibility index (Phi) is 4.59. The molecule has 6 nitrogen and oxygen atoms in total. The summed E-state index contributed by atoms with van der Waals surface area (Å²) in [5, 5.41) is 11.6. The SMILES string of the molecule is Cc1ccc(NC(=O)C2CC2c2ccccc2)cc1-n1cc(-c2cccnc2)nn1. The van der Waals surface area contributed by atoms with Gasteiger partial charge in [0.05, 0.1) is 11.9 Å².